The molecule has 2 aromatic carbocycles. The molecule has 1 fully saturated rings. The zero-order valence-electron chi connectivity index (χ0n) is 15.6. The van der Waals surface area contributed by atoms with Crippen LogP contribution in [0.4, 0.5) is 0 Å². The lowest BCUT2D eigenvalue weighted by atomic mass is 9.76. The Kier molecular flexibility index (Phi) is 6.51. The average molecular weight is 334 g/mol. The molecule has 0 spiro atoms. The van der Waals surface area contributed by atoms with E-state index in [2.05, 4.69) is 37.3 Å². The zero-order valence-corrected chi connectivity index (χ0v) is 15.6. The second-order valence-corrected chi connectivity index (χ2v) is 7.85. The van der Waals surface area contributed by atoms with Gasteiger partial charge in [0.2, 0.25) is 0 Å². The summed E-state index contributed by atoms with van der Waals surface area (Å²) in [4.78, 5) is 0. The third-order valence-corrected chi connectivity index (χ3v) is 6.03. The van der Waals surface area contributed by atoms with Gasteiger partial charge in [0.1, 0.15) is 0 Å². The Morgan fingerprint density at radius 1 is 0.880 bits per heavy atom. The molecule has 2 aromatic rings. The number of rotatable bonds is 7. The summed E-state index contributed by atoms with van der Waals surface area (Å²) in [6, 6.07) is 15.1. The molecule has 0 aromatic heterocycles. The highest BCUT2D eigenvalue weighted by molar-refractivity contribution is 5.84. The van der Waals surface area contributed by atoms with Crippen LogP contribution >= 0.6 is 0 Å². The van der Waals surface area contributed by atoms with Crippen LogP contribution in [0.1, 0.15) is 88.2 Å². The standard InChI is InChI=1S/C24H31N/c1-2-3-4-5-6-7-19-8-11-21(12-9-19)23-15-14-22-16-20(18-25)10-13-24(22)17-23/h10,13-17,19,21H,2-9,11-12H2,1H3. The molecule has 132 valence electrons. The first-order chi connectivity index (χ1) is 12.3. The molecule has 1 aliphatic carbocycles. The zero-order chi connectivity index (χ0) is 17.5. The Balaban J connectivity index is 1.52. The Morgan fingerprint density at radius 2 is 1.60 bits per heavy atom. The van der Waals surface area contributed by atoms with Gasteiger partial charge in [0.15, 0.2) is 0 Å². The minimum absolute atomic E-state index is 0.733. The fourth-order valence-electron chi connectivity index (χ4n) is 4.41. The monoisotopic (exact) mass is 333 g/mol. The number of hydrogen-bond donors (Lipinski definition) is 0. The minimum Gasteiger partial charge on any atom is -0.192 e. The number of benzene rings is 2. The summed E-state index contributed by atoms with van der Waals surface area (Å²) in [5, 5.41) is 11.5. The number of nitriles is 1. The Bertz CT molecular complexity index is 716. The molecule has 0 N–H and O–H groups in total. The van der Waals surface area contributed by atoms with Crippen molar-refractivity contribution in [3.8, 4) is 6.07 Å². The second kappa shape index (κ2) is 9.04. The van der Waals surface area contributed by atoms with Crippen molar-refractivity contribution in [2.45, 2.75) is 77.0 Å². The van der Waals surface area contributed by atoms with Gasteiger partial charge in [0, 0.05) is 0 Å². The van der Waals surface area contributed by atoms with Crippen molar-refractivity contribution in [3.05, 3.63) is 47.5 Å². The molecule has 0 amide bonds. The third kappa shape index (κ3) is 4.85. The lowest BCUT2D eigenvalue weighted by Gasteiger charge is -2.29. The van der Waals surface area contributed by atoms with E-state index in [4.69, 9.17) is 5.26 Å². The molecule has 3 rings (SSSR count). The summed E-state index contributed by atoms with van der Waals surface area (Å²) in [6.07, 6.45) is 14.0. The highest BCUT2D eigenvalue weighted by Gasteiger charge is 2.22. The molecule has 1 nitrogen and oxygen atoms in total. The fourth-order valence-corrected chi connectivity index (χ4v) is 4.41. The van der Waals surface area contributed by atoms with Gasteiger partial charge in [-0.25, -0.2) is 0 Å². The van der Waals surface area contributed by atoms with E-state index in [-0.39, 0.29) is 0 Å². The van der Waals surface area contributed by atoms with Gasteiger partial charge in [-0.3, -0.25) is 0 Å². The highest BCUT2D eigenvalue weighted by Crippen LogP contribution is 2.38. The summed E-state index contributed by atoms with van der Waals surface area (Å²) in [5.74, 6) is 1.70. The Labute approximate surface area is 153 Å². The van der Waals surface area contributed by atoms with Crippen LogP contribution in [0.5, 0.6) is 0 Å². The molecule has 0 heterocycles. The van der Waals surface area contributed by atoms with Crippen LogP contribution in [0.15, 0.2) is 36.4 Å². The number of unbranched alkanes of at least 4 members (excludes halogenated alkanes) is 4. The highest BCUT2D eigenvalue weighted by atomic mass is 14.3. The van der Waals surface area contributed by atoms with Gasteiger partial charge in [-0.1, -0.05) is 69.7 Å². The van der Waals surface area contributed by atoms with Gasteiger partial charge in [-0.15, -0.1) is 0 Å². The maximum atomic E-state index is 9.03. The van der Waals surface area contributed by atoms with E-state index in [1.807, 2.05) is 12.1 Å². The van der Waals surface area contributed by atoms with Crippen LogP contribution in [0.25, 0.3) is 10.8 Å². The van der Waals surface area contributed by atoms with Crippen molar-refractivity contribution in [2.75, 3.05) is 0 Å². The lowest BCUT2D eigenvalue weighted by Crippen LogP contribution is -2.13. The average Bonchev–Trinajstić information content (AvgIpc) is 2.67. The van der Waals surface area contributed by atoms with Crippen LogP contribution in [0.2, 0.25) is 0 Å². The van der Waals surface area contributed by atoms with Crippen molar-refractivity contribution < 1.29 is 0 Å². The molecule has 0 unspecified atom stereocenters. The van der Waals surface area contributed by atoms with E-state index in [9.17, 15) is 0 Å². The molecule has 0 saturated heterocycles. The molecular formula is C24H31N. The fraction of sp³-hybridized carbons (Fsp3) is 0.542. The summed E-state index contributed by atoms with van der Waals surface area (Å²) >= 11 is 0. The van der Waals surface area contributed by atoms with Crippen molar-refractivity contribution in [1.29, 1.82) is 5.26 Å². The maximum Gasteiger partial charge on any atom is 0.0991 e. The molecule has 1 saturated carbocycles. The van der Waals surface area contributed by atoms with Crippen LogP contribution in [-0.2, 0) is 0 Å². The van der Waals surface area contributed by atoms with Crippen molar-refractivity contribution in [2.24, 2.45) is 5.92 Å². The maximum absolute atomic E-state index is 9.03. The molecule has 0 aliphatic heterocycles. The molecule has 0 atom stereocenters. The van der Waals surface area contributed by atoms with Gasteiger partial charge in [0.25, 0.3) is 0 Å². The van der Waals surface area contributed by atoms with E-state index < -0.39 is 0 Å². The van der Waals surface area contributed by atoms with E-state index in [0.717, 1.165) is 17.4 Å². The topological polar surface area (TPSA) is 23.8 Å². The van der Waals surface area contributed by atoms with E-state index in [1.54, 1.807) is 0 Å². The van der Waals surface area contributed by atoms with E-state index >= 15 is 0 Å². The molecule has 0 bridgehead atoms. The van der Waals surface area contributed by atoms with Crippen LogP contribution in [-0.4, -0.2) is 0 Å². The predicted octanol–water partition coefficient (Wildman–Crippen LogP) is 7.35. The molecule has 1 aliphatic rings. The Morgan fingerprint density at radius 3 is 2.36 bits per heavy atom. The lowest BCUT2D eigenvalue weighted by molar-refractivity contribution is 0.302. The third-order valence-electron chi connectivity index (χ3n) is 6.03. The van der Waals surface area contributed by atoms with Gasteiger partial charge in [-0.05, 0) is 66.0 Å². The smallest absolute Gasteiger partial charge is 0.0991 e. The number of nitrogens with zero attached hydrogens (tertiary/aromatic N) is 1. The molecule has 1 heteroatoms. The van der Waals surface area contributed by atoms with Crippen molar-refractivity contribution >= 4 is 10.8 Å². The molecule has 0 radical (unpaired) electrons. The number of fused-ring (bicyclic) bond motifs is 1. The predicted molar refractivity (Wildman–Crippen MR) is 107 cm³/mol. The second-order valence-electron chi connectivity index (χ2n) is 7.85. The van der Waals surface area contributed by atoms with Gasteiger partial charge in [0.05, 0.1) is 11.6 Å². The Hall–Kier alpha value is -1.81. The normalized spacial score (nSPS) is 20.5. The number of hydrogen-bond acceptors (Lipinski definition) is 1. The first-order valence-corrected chi connectivity index (χ1v) is 10.2. The summed E-state index contributed by atoms with van der Waals surface area (Å²) in [5.41, 5.74) is 2.25. The SMILES string of the molecule is CCCCCCCC1CCC(c2ccc3cc(C#N)ccc3c2)CC1. The first kappa shape index (κ1) is 18.0. The molecular weight excluding hydrogens is 302 g/mol. The minimum atomic E-state index is 0.733. The van der Waals surface area contributed by atoms with E-state index in [0.29, 0.717) is 0 Å². The first-order valence-electron chi connectivity index (χ1n) is 10.2. The van der Waals surface area contributed by atoms with Crippen molar-refractivity contribution in [1.82, 2.24) is 0 Å². The van der Waals surface area contributed by atoms with Gasteiger partial charge < -0.3 is 0 Å². The van der Waals surface area contributed by atoms with Crippen LogP contribution in [0.3, 0.4) is 0 Å². The van der Waals surface area contributed by atoms with Crippen LogP contribution < -0.4 is 0 Å². The quantitative estimate of drug-likeness (QED) is 0.486. The molecule has 25 heavy (non-hydrogen) atoms. The summed E-state index contributed by atoms with van der Waals surface area (Å²) < 4.78 is 0. The largest absolute Gasteiger partial charge is 0.192 e. The van der Waals surface area contributed by atoms with Crippen molar-refractivity contribution in [3.63, 3.8) is 0 Å². The summed E-state index contributed by atoms with van der Waals surface area (Å²) in [6.45, 7) is 2.29. The van der Waals surface area contributed by atoms with E-state index in [1.165, 1.54) is 80.5 Å². The van der Waals surface area contributed by atoms with Gasteiger partial charge in [-0.2, -0.15) is 5.26 Å². The van der Waals surface area contributed by atoms with Gasteiger partial charge >= 0.3 is 0 Å². The van der Waals surface area contributed by atoms with Crippen LogP contribution in [0, 0.1) is 17.2 Å². The summed E-state index contributed by atoms with van der Waals surface area (Å²) in [7, 11) is 0.